The normalized spacial score (nSPS) is 16.1. The molecule has 1 fully saturated rings. The zero-order valence-electron chi connectivity index (χ0n) is 13.8. The molecular formula is C17H23N3O2S. The molecule has 124 valence electrons. The van der Waals surface area contributed by atoms with Crippen molar-refractivity contribution in [2.45, 2.75) is 57.4 Å². The molecule has 1 saturated carbocycles. The van der Waals surface area contributed by atoms with E-state index >= 15 is 0 Å². The van der Waals surface area contributed by atoms with Crippen LogP contribution in [0.1, 0.15) is 42.6 Å². The fraction of sp³-hybridized carbons (Fsp3) is 0.471. The number of aromatic nitrogens is 2. The maximum Gasteiger partial charge on any atom is 0.244 e. The first-order chi connectivity index (χ1) is 10.9. The summed E-state index contributed by atoms with van der Waals surface area (Å²) in [7, 11) is -3.53. The van der Waals surface area contributed by atoms with Gasteiger partial charge in [0.2, 0.25) is 10.0 Å². The third-order valence-electron chi connectivity index (χ3n) is 4.45. The Morgan fingerprint density at radius 3 is 2.30 bits per heavy atom. The van der Waals surface area contributed by atoms with E-state index in [0.717, 1.165) is 36.9 Å². The van der Waals surface area contributed by atoms with Gasteiger partial charge in [-0.1, -0.05) is 30.5 Å². The zero-order valence-corrected chi connectivity index (χ0v) is 14.7. The molecule has 0 bridgehead atoms. The van der Waals surface area contributed by atoms with Gasteiger partial charge in [-0.2, -0.15) is 5.10 Å². The second-order valence-corrected chi connectivity index (χ2v) is 8.00. The lowest BCUT2D eigenvalue weighted by molar-refractivity contribution is 0.551. The standard InChI is InChI=1S/C17H23N3O2S/c1-12-8-10-16(11-9-12)20-14(3)17(13(2)18-20)23(21,22)19-15-6-4-5-7-15/h8-11,15,19H,4-7H2,1-3H3. The zero-order chi connectivity index (χ0) is 16.6. The van der Waals surface area contributed by atoms with Crippen LogP contribution in [0.15, 0.2) is 29.2 Å². The number of nitrogens with zero attached hydrogens (tertiary/aromatic N) is 2. The fourth-order valence-electron chi connectivity index (χ4n) is 3.28. The summed E-state index contributed by atoms with van der Waals surface area (Å²) in [5.74, 6) is 0. The van der Waals surface area contributed by atoms with E-state index < -0.39 is 10.0 Å². The van der Waals surface area contributed by atoms with Gasteiger partial charge in [-0.15, -0.1) is 0 Å². The molecule has 23 heavy (non-hydrogen) atoms. The van der Waals surface area contributed by atoms with Crippen molar-refractivity contribution < 1.29 is 8.42 Å². The SMILES string of the molecule is Cc1ccc(-n2nc(C)c(S(=O)(=O)NC3CCCC3)c2C)cc1. The highest BCUT2D eigenvalue weighted by atomic mass is 32.2. The van der Waals surface area contributed by atoms with Crippen molar-refractivity contribution in [3.63, 3.8) is 0 Å². The van der Waals surface area contributed by atoms with Crippen molar-refractivity contribution in [3.05, 3.63) is 41.2 Å². The Bertz CT molecular complexity index is 801. The van der Waals surface area contributed by atoms with Crippen LogP contribution >= 0.6 is 0 Å². The summed E-state index contributed by atoms with van der Waals surface area (Å²) < 4.78 is 30.1. The molecule has 0 saturated heterocycles. The Morgan fingerprint density at radius 2 is 1.70 bits per heavy atom. The van der Waals surface area contributed by atoms with Crippen LogP contribution < -0.4 is 4.72 Å². The molecule has 6 heteroatoms. The average molecular weight is 333 g/mol. The van der Waals surface area contributed by atoms with Crippen LogP contribution in [0.5, 0.6) is 0 Å². The highest BCUT2D eigenvalue weighted by Crippen LogP contribution is 2.25. The van der Waals surface area contributed by atoms with Crippen LogP contribution in [-0.2, 0) is 10.0 Å². The number of hydrogen-bond acceptors (Lipinski definition) is 3. The van der Waals surface area contributed by atoms with Crippen molar-refractivity contribution in [2.75, 3.05) is 0 Å². The number of benzene rings is 1. The first-order valence-corrected chi connectivity index (χ1v) is 9.52. The van der Waals surface area contributed by atoms with E-state index in [9.17, 15) is 8.42 Å². The second kappa shape index (κ2) is 6.09. The number of aryl methyl sites for hydroxylation is 2. The Morgan fingerprint density at radius 1 is 1.09 bits per heavy atom. The topological polar surface area (TPSA) is 64.0 Å². The van der Waals surface area contributed by atoms with Gasteiger partial charge in [-0.3, -0.25) is 0 Å². The monoisotopic (exact) mass is 333 g/mol. The molecule has 5 nitrogen and oxygen atoms in total. The van der Waals surface area contributed by atoms with Crippen molar-refractivity contribution in [2.24, 2.45) is 0 Å². The minimum Gasteiger partial charge on any atom is -0.236 e. The van der Waals surface area contributed by atoms with Crippen molar-refractivity contribution in [1.29, 1.82) is 0 Å². The molecule has 3 rings (SSSR count). The van der Waals surface area contributed by atoms with Crippen molar-refractivity contribution in [1.82, 2.24) is 14.5 Å². The lowest BCUT2D eigenvalue weighted by Gasteiger charge is -2.13. The van der Waals surface area contributed by atoms with Gasteiger partial charge in [0.1, 0.15) is 4.90 Å². The highest BCUT2D eigenvalue weighted by Gasteiger charge is 2.28. The van der Waals surface area contributed by atoms with Gasteiger partial charge in [-0.25, -0.2) is 17.8 Å². The first kappa shape index (κ1) is 16.2. The summed E-state index contributed by atoms with van der Waals surface area (Å²) in [6.07, 6.45) is 4.02. The largest absolute Gasteiger partial charge is 0.244 e. The molecule has 2 aromatic rings. The van der Waals surface area contributed by atoms with Crippen LogP contribution in [-0.4, -0.2) is 24.2 Å². The number of nitrogens with one attached hydrogen (secondary N) is 1. The number of sulfonamides is 1. The van der Waals surface area contributed by atoms with Crippen LogP contribution in [0.2, 0.25) is 0 Å². The highest BCUT2D eigenvalue weighted by molar-refractivity contribution is 7.89. The lowest BCUT2D eigenvalue weighted by atomic mass is 10.2. The van der Waals surface area contributed by atoms with Crippen molar-refractivity contribution in [3.8, 4) is 5.69 Å². The quantitative estimate of drug-likeness (QED) is 0.935. The molecule has 0 atom stereocenters. The molecule has 0 unspecified atom stereocenters. The molecule has 1 aromatic carbocycles. The molecule has 0 amide bonds. The van der Waals surface area contributed by atoms with Crippen LogP contribution in [0.3, 0.4) is 0 Å². The molecule has 1 aromatic heterocycles. The smallest absolute Gasteiger partial charge is 0.236 e. The van der Waals surface area contributed by atoms with Gasteiger partial charge in [0, 0.05) is 6.04 Å². The van der Waals surface area contributed by atoms with Crippen LogP contribution in [0, 0.1) is 20.8 Å². The first-order valence-electron chi connectivity index (χ1n) is 8.04. The summed E-state index contributed by atoms with van der Waals surface area (Å²) in [5.41, 5.74) is 3.22. The van der Waals surface area contributed by atoms with Gasteiger partial charge in [0.05, 0.1) is 17.1 Å². The lowest BCUT2D eigenvalue weighted by Crippen LogP contribution is -2.33. The summed E-state index contributed by atoms with van der Waals surface area (Å²) in [6.45, 7) is 5.58. The molecule has 0 radical (unpaired) electrons. The Kier molecular flexibility index (Phi) is 4.29. The molecule has 0 spiro atoms. The maximum absolute atomic E-state index is 12.8. The van der Waals surface area contributed by atoms with Crippen LogP contribution in [0.25, 0.3) is 5.69 Å². The predicted octanol–water partition coefficient (Wildman–Crippen LogP) is 3.02. The van der Waals surface area contributed by atoms with Gasteiger partial charge in [-0.05, 0) is 45.7 Å². The van der Waals surface area contributed by atoms with E-state index in [-0.39, 0.29) is 6.04 Å². The molecule has 1 aliphatic carbocycles. The average Bonchev–Trinajstić information content (AvgIpc) is 3.07. The summed E-state index contributed by atoms with van der Waals surface area (Å²) in [5, 5.41) is 4.45. The predicted molar refractivity (Wildman–Crippen MR) is 90.4 cm³/mol. The van der Waals surface area contributed by atoms with Crippen LogP contribution in [0.4, 0.5) is 0 Å². The molecule has 1 aliphatic rings. The van der Waals surface area contributed by atoms with Gasteiger partial charge >= 0.3 is 0 Å². The second-order valence-electron chi connectivity index (χ2n) is 6.35. The Labute approximate surface area is 137 Å². The summed E-state index contributed by atoms with van der Waals surface area (Å²) >= 11 is 0. The Balaban J connectivity index is 1.98. The minimum absolute atomic E-state index is 0.0570. The third kappa shape index (κ3) is 3.19. The van der Waals surface area contributed by atoms with Crippen molar-refractivity contribution >= 4 is 10.0 Å². The van der Waals surface area contributed by atoms with E-state index in [1.54, 1.807) is 11.6 Å². The number of rotatable bonds is 4. The van der Waals surface area contributed by atoms with E-state index in [1.165, 1.54) is 0 Å². The minimum atomic E-state index is -3.53. The summed E-state index contributed by atoms with van der Waals surface area (Å²) in [4.78, 5) is 0.310. The molecular weight excluding hydrogens is 310 g/mol. The van der Waals surface area contributed by atoms with E-state index in [1.807, 2.05) is 38.1 Å². The Hall–Kier alpha value is -1.66. The van der Waals surface area contributed by atoms with Gasteiger partial charge < -0.3 is 0 Å². The fourth-order valence-corrected chi connectivity index (χ4v) is 4.97. The molecule has 1 heterocycles. The van der Waals surface area contributed by atoms with E-state index in [4.69, 9.17) is 0 Å². The summed E-state index contributed by atoms with van der Waals surface area (Å²) in [6, 6.07) is 7.96. The van der Waals surface area contributed by atoms with E-state index in [2.05, 4.69) is 9.82 Å². The maximum atomic E-state index is 12.8. The number of hydrogen-bond donors (Lipinski definition) is 1. The third-order valence-corrected chi connectivity index (χ3v) is 6.22. The van der Waals surface area contributed by atoms with Gasteiger partial charge in [0.15, 0.2) is 0 Å². The van der Waals surface area contributed by atoms with Gasteiger partial charge in [0.25, 0.3) is 0 Å². The molecule has 0 aliphatic heterocycles. The van der Waals surface area contributed by atoms with E-state index in [0.29, 0.717) is 16.3 Å². The molecule has 1 N–H and O–H groups in total.